The highest BCUT2D eigenvalue weighted by atomic mass is 32.2. The Morgan fingerprint density at radius 1 is 1.00 bits per heavy atom. The van der Waals surface area contributed by atoms with Gasteiger partial charge in [0.15, 0.2) is 0 Å². The van der Waals surface area contributed by atoms with Crippen LogP contribution >= 0.6 is 12.0 Å². The molecule has 102 valence electrons. The van der Waals surface area contributed by atoms with Gasteiger partial charge in [-0.3, -0.25) is 4.79 Å². The smallest absolute Gasteiger partial charge is 0.314 e. The molecular formula is C14H28O2S. The molecule has 17 heavy (non-hydrogen) atoms. The summed E-state index contributed by atoms with van der Waals surface area (Å²) in [7, 11) is 0. The predicted octanol–water partition coefficient (Wildman–Crippen LogP) is 4.68. The zero-order valence-corrected chi connectivity index (χ0v) is 13.0. The van der Waals surface area contributed by atoms with Crippen molar-refractivity contribution in [2.24, 2.45) is 17.8 Å². The quantitative estimate of drug-likeness (QED) is 0.592. The van der Waals surface area contributed by atoms with E-state index < -0.39 is 0 Å². The second-order valence-corrected chi connectivity index (χ2v) is 6.96. The van der Waals surface area contributed by atoms with Crippen molar-refractivity contribution in [1.82, 2.24) is 0 Å². The van der Waals surface area contributed by atoms with E-state index in [1.807, 2.05) is 0 Å². The summed E-state index contributed by atoms with van der Waals surface area (Å²) >= 11 is 1.30. The summed E-state index contributed by atoms with van der Waals surface area (Å²) < 4.78 is 4.95. The van der Waals surface area contributed by atoms with Crippen LogP contribution < -0.4 is 0 Å². The van der Waals surface area contributed by atoms with Gasteiger partial charge in [0.05, 0.1) is 12.0 Å². The molecule has 0 heterocycles. The number of carbonyl (C=O) groups is 1. The van der Waals surface area contributed by atoms with Gasteiger partial charge in [0.1, 0.15) is 0 Å². The Bertz CT molecular complexity index is 216. The molecule has 3 heteroatoms. The van der Waals surface area contributed by atoms with Crippen molar-refractivity contribution in [3.8, 4) is 0 Å². The number of rotatable bonds is 8. The average Bonchev–Trinajstić information content (AvgIpc) is 2.12. The zero-order valence-electron chi connectivity index (χ0n) is 12.2. The Morgan fingerprint density at radius 3 is 2.00 bits per heavy atom. The fourth-order valence-electron chi connectivity index (χ4n) is 2.44. The fourth-order valence-corrected chi connectivity index (χ4v) is 3.15. The molecule has 0 amide bonds. The van der Waals surface area contributed by atoms with Gasteiger partial charge >= 0.3 is 5.97 Å². The first kappa shape index (κ1) is 16.8. The van der Waals surface area contributed by atoms with Crippen LogP contribution in [0.15, 0.2) is 0 Å². The SMILES string of the molecule is CC(=O)OSC(C)CC(C)CC(C)CC(C)C. The summed E-state index contributed by atoms with van der Waals surface area (Å²) in [5.74, 6) is 2.06. The van der Waals surface area contributed by atoms with Crippen molar-refractivity contribution in [3.05, 3.63) is 0 Å². The topological polar surface area (TPSA) is 26.3 Å². The first-order valence-electron chi connectivity index (χ1n) is 6.65. The van der Waals surface area contributed by atoms with Crippen LogP contribution in [0.4, 0.5) is 0 Å². The Hall–Kier alpha value is -0.180. The third-order valence-corrected chi connectivity index (χ3v) is 3.59. The summed E-state index contributed by atoms with van der Waals surface area (Å²) in [5.41, 5.74) is 0. The third kappa shape index (κ3) is 10.7. The van der Waals surface area contributed by atoms with Gasteiger partial charge in [-0.2, -0.15) is 0 Å². The summed E-state index contributed by atoms with van der Waals surface area (Å²) in [4.78, 5) is 10.7. The Labute approximate surface area is 111 Å². The Morgan fingerprint density at radius 2 is 1.53 bits per heavy atom. The molecule has 0 aliphatic carbocycles. The van der Waals surface area contributed by atoms with E-state index in [1.54, 1.807) is 0 Å². The largest absolute Gasteiger partial charge is 0.391 e. The summed E-state index contributed by atoms with van der Waals surface area (Å²) in [5, 5.41) is 0.389. The maximum atomic E-state index is 10.7. The molecule has 0 aromatic heterocycles. The van der Waals surface area contributed by atoms with E-state index in [-0.39, 0.29) is 5.97 Å². The van der Waals surface area contributed by atoms with Gasteiger partial charge in [0.25, 0.3) is 0 Å². The maximum Gasteiger partial charge on any atom is 0.314 e. The third-order valence-electron chi connectivity index (χ3n) is 2.74. The molecule has 0 fully saturated rings. The number of hydrogen-bond acceptors (Lipinski definition) is 3. The van der Waals surface area contributed by atoms with Crippen molar-refractivity contribution < 1.29 is 8.98 Å². The molecule has 0 spiro atoms. The molecule has 0 saturated heterocycles. The van der Waals surface area contributed by atoms with Gasteiger partial charge in [-0.1, -0.05) is 34.6 Å². The van der Waals surface area contributed by atoms with Crippen LogP contribution in [0.2, 0.25) is 0 Å². The van der Waals surface area contributed by atoms with Gasteiger partial charge in [-0.15, -0.1) is 0 Å². The van der Waals surface area contributed by atoms with Gasteiger partial charge < -0.3 is 4.18 Å². The lowest BCUT2D eigenvalue weighted by Crippen LogP contribution is -2.11. The average molecular weight is 260 g/mol. The normalized spacial score (nSPS) is 16.6. The van der Waals surface area contributed by atoms with E-state index >= 15 is 0 Å². The summed E-state index contributed by atoms with van der Waals surface area (Å²) in [6, 6.07) is 0. The highest BCUT2D eigenvalue weighted by Gasteiger charge is 2.15. The molecule has 2 nitrogen and oxygen atoms in total. The maximum absolute atomic E-state index is 10.7. The predicted molar refractivity (Wildman–Crippen MR) is 75.8 cm³/mol. The summed E-state index contributed by atoms with van der Waals surface area (Å²) in [6.07, 6.45) is 3.68. The molecule has 3 unspecified atom stereocenters. The lowest BCUT2D eigenvalue weighted by Gasteiger charge is -2.20. The van der Waals surface area contributed by atoms with Crippen molar-refractivity contribution in [3.63, 3.8) is 0 Å². The standard InChI is InChI=1S/C14H28O2S/c1-10(2)7-11(3)8-12(4)9-13(5)17-16-14(6)15/h10-13H,7-9H2,1-6H3. The van der Waals surface area contributed by atoms with Crippen molar-refractivity contribution >= 4 is 18.0 Å². The highest BCUT2D eigenvalue weighted by molar-refractivity contribution is 7.95. The van der Waals surface area contributed by atoms with E-state index in [0.29, 0.717) is 11.2 Å². The van der Waals surface area contributed by atoms with Crippen molar-refractivity contribution in [1.29, 1.82) is 0 Å². The first-order valence-corrected chi connectivity index (χ1v) is 7.45. The minimum absolute atomic E-state index is 0.206. The fraction of sp³-hybridized carbons (Fsp3) is 0.929. The lowest BCUT2D eigenvalue weighted by atomic mass is 9.88. The molecule has 0 bridgehead atoms. The molecular weight excluding hydrogens is 232 g/mol. The van der Waals surface area contributed by atoms with Crippen LogP contribution in [-0.4, -0.2) is 11.2 Å². The minimum Gasteiger partial charge on any atom is -0.391 e. The van der Waals surface area contributed by atoms with E-state index in [1.165, 1.54) is 31.8 Å². The Kier molecular flexibility index (Phi) is 8.75. The first-order chi connectivity index (χ1) is 7.81. The second kappa shape index (κ2) is 8.84. The molecule has 0 saturated carbocycles. The summed E-state index contributed by atoms with van der Waals surface area (Å²) in [6.45, 7) is 12.8. The second-order valence-electron chi connectivity index (χ2n) is 5.79. The van der Waals surface area contributed by atoms with E-state index in [4.69, 9.17) is 4.18 Å². The molecule has 0 aromatic carbocycles. The van der Waals surface area contributed by atoms with Crippen LogP contribution in [0.25, 0.3) is 0 Å². The zero-order chi connectivity index (χ0) is 13.4. The van der Waals surface area contributed by atoms with Crippen molar-refractivity contribution in [2.45, 2.75) is 66.1 Å². The molecule has 0 rings (SSSR count). The van der Waals surface area contributed by atoms with E-state index in [2.05, 4.69) is 34.6 Å². The molecule has 0 aliphatic heterocycles. The monoisotopic (exact) mass is 260 g/mol. The van der Waals surface area contributed by atoms with Crippen LogP contribution in [0.3, 0.4) is 0 Å². The number of hydrogen-bond donors (Lipinski definition) is 0. The minimum atomic E-state index is -0.206. The molecule has 0 radical (unpaired) electrons. The molecule has 0 aliphatic rings. The highest BCUT2D eigenvalue weighted by Crippen LogP contribution is 2.26. The molecule has 0 N–H and O–H groups in total. The van der Waals surface area contributed by atoms with E-state index in [0.717, 1.165) is 18.3 Å². The molecule has 3 atom stereocenters. The van der Waals surface area contributed by atoms with Crippen LogP contribution in [0.5, 0.6) is 0 Å². The van der Waals surface area contributed by atoms with Gasteiger partial charge in [-0.25, -0.2) is 0 Å². The van der Waals surface area contributed by atoms with E-state index in [9.17, 15) is 4.79 Å². The van der Waals surface area contributed by atoms with Gasteiger partial charge in [-0.05, 0) is 37.0 Å². The lowest BCUT2D eigenvalue weighted by molar-refractivity contribution is -0.130. The van der Waals surface area contributed by atoms with Gasteiger partial charge in [0, 0.05) is 12.2 Å². The van der Waals surface area contributed by atoms with Crippen LogP contribution in [-0.2, 0) is 8.98 Å². The van der Waals surface area contributed by atoms with Gasteiger partial charge in [0.2, 0.25) is 0 Å². The number of carbonyl (C=O) groups excluding carboxylic acids is 1. The van der Waals surface area contributed by atoms with Crippen LogP contribution in [0, 0.1) is 17.8 Å². The van der Waals surface area contributed by atoms with Crippen molar-refractivity contribution in [2.75, 3.05) is 0 Å². The Balaban J connectivity index is 3.76. The molecule has 0 aromatic rings. The van der Waals surface area contributed by atoms with Crippen LogP contribution in [0.1, 0.15) is 60.8 Å².